The number of nitrogens with zero attached hydrogens (tertiary/aromatic N) is 2. The lowest BCUT2D eigenvalue weighted by molar-refractivity contribution is 0.172. The van der Waals surface area contributed by atoms with Crippen LogP contribution in [0.3, 0.4) is 0 Å². The van der Waals surface area contributed by atoms with Gasteiger partial charge in [-0.05, 0) is 6.92 Å². The summed E-state index contributed by atoms with van der Waals surface area (Å²) in [6, 6.07) is 3.78. The Kier molecular flexibility index (Phi) is 3.40. The minimum Gasteiger partial charge on any atom is -0.486 e. The van der Waals surface area contributed by atoms with Gasteiger partial charge in [0, 0.05) is 24.1 Å². The number of nitrogen functional groups attached to an aromatic ring is 1. The molecule has 2 heterocycles. The topological polar surface area (TPSA) is 60.6 Å². The van der Waals surface area contributed by atoms with Crippen molar-refractivity contribution in [3.63, 3.8) is 0 Å². The quantitative estimate of drug-likeness (QED) is 0.880. The Morgan fingerprint density at radius 1 is 1.30 bits per heavy atom. The van der Waals surface area contributed by atoms with E-state index in [9.17, 15) is 0 Å². The lowest BCUT2D eigenvalue weighted by Crippen LogP contribution is -2.20. The van der Waals surface area contributed by atoms with Crippen molar-refractivity contribution in [3.05, 3.63) is 28.2 Å². The van der Waals surface area contributed by atoms with Crippen molar-refractivity contribution in [2.75, 3.05) is 30.9 Å². The van der Waals surface area contributed by atoms with Gasteiger partial charge in [-0.25, -0.2) is 4.98 Å². The van der Waals surface area contributed by atoms with Gasteiger partial charge in [0.05, 0.1) is 29.1 Å². The third-order valence-electron chi connectivity index (χ3n) is 3.33. The molecule has 0 amide bonds. The largest absolute Gasteiger partial charge is 0.486 e. The van der Waals surface area contributed by atoms with E-state index in [-0.39, 0.29) is 0 Å². The van der Waals surface area contributed by atoms with Crippen molar-refractivity contribution in [1.29, 1.82) is 0 Å². The molecule has 1 aromatic carbocycles. The number of rotatable bonds is 3. The number of hydrogen-bond acceptors (Lipinski definition) is 6. The number of aromatic nitrogens is 1. The summed E-state index contributed by atoms with van der Waals surface area (Å²) in [5.74, 6) is 1.48. The number of hydrogen-bond donors (Lipinski definition) is 1. The van der Waals surface area contributed by atoms with Gasteiger partial charge >= 0.3 is 0 Å². The van der Waals surface area contributed by atoms with Crippen LogP contribution in [-0.4, -0.2) is 25.2 Å². The Balaban J connectivity index is 1.87. The molecule has 0 unspecified atom stereocenters. The Morgan fingerprint density at radius 2 is 2.00 bits per heavy atom. The van der Waals surface area contributed by atoms with Crippen LogP contribution >= 0.6 is 11.3 Å². The second-order valence-corrected chi connectivity index (χ2v) is 5.71. The van der Waals surface area contributed by atoms with E-state index in [0.717, 1.165) is 29.4 Å². The van der Waals surface area contributed by atoms with Gasteiger partial charge in [-0.15, -0.1) is 11.3 Å². The average molecular weight is 291 g/mol. The van der Waals surface area contributed by atoms with Crippen LogP contribution in [0.4, 0.5) is 11.4 Å². The average Bonchev–Trinajstić information content (AvgIpc) is 2.83. The van der Waals surface area contributed by atoms with Gasteiger partial charge in [0.25, 0.3) is 0 Å². The minimum atomic E-state index is 0.571. The van der Waals surface area contributed by atoms with Crippen LogP contribution in [0.15, 0.2) is 17.6 Å². The van der Waals surface area contributed by atoms with Crippen molar-refractivity contribution in [1.82, 2.24) is 4.98 Å². The highest BCUT2D eigenvalue weighted by molar-refractivity contribution is 7.09. The van der Waals surface area contributed by atoms with Crippen LogP contribution in [0.1, 0.15) is 10.6 Å². The monoisotopic (exact) mass is 291 g/mol. The van der Waals surface area contributed by atoms with Gasteiger partial charge in [-0.3, -0.25) is 0 Å². The Bertz CT molecular complexity index is 627. The van der Waals surface area contributed by atoms with Crippen LogP contribution in [0.25, 0.3) is 0 Å². The van der Waals surface area contributed by atoms with E-state index in [1.807, 2.05) is 31.6 Å². The van der Waals surface area contributed by atoms with Gasteiger partial charge in [-0.1, -0.05) is 0 Å². The molecule has 1 aliphatic heterocycles. The van der Waals surface area contributed by atoms with E-state index >= 15 is 0 Å². The maximum atomic E-state index is 6.12. The third-order valence-corrected chi connectivity index (χ3v) is 4.25. The highest BCUT2D eigenvalue weighted by Crippen LogP contribution is 2.38. The lowest BCUT2D eigenvalue weighted by atomic mass is 10.2. The zero-order chi connectivity index (χ0) is 14.1. The molecule has 0 saturated carbocycles. The number of fused-ring (bicyclic) bond motifs is 1. The van der Waals surface area contributed by atoms with E-state index in [2.05, 4.69) is 9.88 Å². The normalized spacial score (nSPS) is 13.3. The fourth-order valence-corrected chi connectivity index (χ4v) is 3.03. The zero-order valence-corrected chi connectivity index (χ0v) is 12.4. The molecule has 0 bridgehead atoms. The molecule has 0 saturated heterocycles. The molecule has 0 spiro atoms. The molecular weight excluding hydrogens is 274 g/mol. The van der Waals surface area contributed by atoms with Gasteiger partial charge in [0.1, 0.15) is 13.2 Å². The number of benzene rings is 1. The van der Waals surface area contributed by atoms with Crippen LogP contribution in [0, 0.1) is 6.92 Å². The van der Waals surface area contributed by atoms with Crippen molar-refractivity contribution in [2.45, 2.75) is 13.5 Å². The summed E-state index contributed by atoms with van der Waals surface area (Å²) in [6.45, 7) is 3.95. The molecule has 6 heteroatoms. The van der Waals surface area contributed by atoms with E-state index in [1.54, 1.807) is 11.3 Å². The summed E-state index contributed by atoms with van der Waals surface area (Å²) in [7, 11) is 2.01. The van der Waals surface area contributed by atoms with Gasteiger partial charge in [-0.2, -0.15) is 0 Å². The highest BCUT2D eigenvalue weighted by Gasteiger charge is 2.17. The maximum absolute atomic E-state index is 6.12. The number of thiazole rings is 1. The predicted molar refractivity (Wildman–Crippen MR) is 80.8 cm³/mol. The third kappa shape index (κ3) is 2.38. The Morgan fingerprint density at radius 3 is 2.65 bits per heavy atom. The number of ether oxygens (including phenoxy) is 2. The van der Waals surface area contributed by atoms with Crippen molar-refractivity contribution >= 4 is 22.7 Å². The molecule has 0 fully saturated rings. The van der Waals surface area contributed by atoms with E-state index < -0.39 is 0 Å². The molecular formula is C14H17N3O2S. The first-order valence-corrected chi connectivity index (χ1v) is 7.32. The molecule has 1 aromatic heterocycles. The second-order valence-electron chi connectivity index (χ2n) is 4.77. The van der Waals surface area contributed by atoms with Crippen molar-refractivity contribution in [2.24, 2.45) is 0 Å². The summed E-state index contributed by atoms with van der Waals surface area (Å²) < 4.78 is 11.1. The van der Waals surface area contributed by atoms with Crippen molar-refractivity contribution < 1.29 is 9.47 Å². The first kappa shape index (κ1) is 13.1. The van der Waals surface area contributed by atoms with E-state index in [1.165, 1.54) is 4.88 Å². The SMILES string of the molecule is Cc1ncsc1CN(C)c1cc2c(cc1N)OCCO2. The molecule has 0 radical (unpaired) electrons. The van der Waals surface area contributed by atoms with E-state index in [0.29, 0.717) is 18.9 Å². The lowest BCUT2D eigenvalue weighted by Gasteiger charge is -2.25. The fraction of sp³-hybridized carbons (Fsp3) is 0.357. The summed E-state index contributed by atoms with van der Waals surface area (Å²) in [6.07, 6.45) is 0. The van der Waals surface area contributed by atoms with Crippen LogP contribution in [0.2, 0.25) is 0 Å². The number of anilines is 2. The fourth-order valence-electron chi connectivity index (χ4n) is 2.20. The second kappa shape index (κ2) is 5.20. The molecule has 20 heavy (non-hydrogen) atoms. The molecule has 1 aliphatic rings. The van der Waals surface area contributed by atoms with Crippen molar-refractivity contribution in [3.8, 4) is 11.5 Å². The summed E-state index contributed by atoms with van der Waals surface area (Å²) >= 11 is 1.66. The summed E-state index contributed by atoms with van der Waals surface area (Å²) in [4.78, 5) is 7.61. The van der Waals surface area contributed by atoms with Crippen LogP contribution in [0.5, 0.6) is 11.5 Å². The van der Waals surface area contributed by atoms with Gasteiger partial charge in [0.15, 0.2) is 11.5 Å². The van der Waals surface area contributed by atoms with Gasteiger partial charge < -0.3 is 20.1 Å². The molecule has 2 aromatic rings. The van der Waals surface area contributed by atoms with Gasteiger partial charge in [0.2, 0.25) is 0 Å². The summed E-state index contributed by atoms with van der Waals surface area (Å²) in [5.41, 5.74) is 10.7. The Hall–Kier alpha value is -1.95. The number of nitrogens with two attached hydrogens (primary N) is 1. The number of aryl methyl sites for hydroxylation is 1. The first-order valence-electron chi connectivity index (χ1n) is 6.44. The molecule has 2 N–H and O–H groups in total. The molecule has 0 aliphatic carbocycles. The zero-order valence-electron chi connectivity index (χ0n) is 11.5. The van der Waals surface area contributed by atoms with E-state index in [4.69, 9.17) is 15.2 Å². The maximum Gasteiger partial charge on any atom is 0.163 e. The van der Waals surface area contributed by atoms with Crippen LogP contribution in [-0.2, 0) is 6.54 Å². The van der Waals surface area contributed by atoms with Crippen LogP contribution < -0.4 is 20.1 Å². The molecule has 5 nitrogen and oxygen atoms in total. The smallest absolute Gasteiger partial charge is 0.163 e. The minimum absolute atomic E-state index is 0.571. The molecule has 0 atom stereocenters. The molecule has 106 valence electrons. The predicted octanol–water partition coefficient (Wildman–Crippen LogP) is 2.44. The Labute approximate surface area is 121 Å². The standard InChI is InChI=1S/C14H17N3O2S/c1-9-14(20-8-16-9)7-17(2)11-6-13-12(5-10(11)15)18-3-4-19-13/h5-6,8H,3-4,7,15H2,1-2H3. The first-order chi connectivity index (χ1) is 9.65. The summed E-state index contributed by atoms with van der Waals surface area (Å²) in [5, 5.41) is 0. The highest BCUT2D eigenvalue weighted by atomic mass is 32.1. The molecule has 3 rings (SSSR count).